The van der Waals surface area contributed by atoms with Gasteiger partial charge >= 0.3 is 0 Å². The highest BCUT2D eigenvalue weighted by Gasteiger charge is 2.36. The topological polar surface area (TPSA) is 32.3 Å². The molecule has 0 spiro atoms. The first-order valence-corrected chi connectivity index (χ1v) is 8.31. The fourth-order valence-electron chi connectivity index (χ4n) is 2.85. The van der Waals surface area contributed by atoms with Gasteiger partial charge in [0.25, 0.3) is 0 Å². The fraction of sp³-hybridized carbons (Fsp3) is 0.588. The van der Waals surface area contributed by atoms with Crippen molar-refractivity contribution in [2.45, 2.75) is 44.7 Å². The van der Waals surface area contributed by atoms with E-state index in [-0.39, 0.29) is 24.4 Å². The third-order valence-corrected chi connectivity index (χ3v) is 4.75. The van der Waals surface area contributed by atoms with Crippen LogP contribution in [-0.4, -0.2) is 29.9 Å². The summed E-state index contributed by atoms with van der Waals surface area (Å²) < 4.78 is 0. The predicted octanol–water partition coefficient (Wildman–Crippen LogP) is 3.81. The average Bonchev–Trinajstić information content (AvgIpc) is 3.34. The van der Waals surface area contributed by atoms with Gasteiger partial charge in [-0.25, -0.2) is 0 Å². The van der Waals surface area contributed by atoms with Gasteiger partial charge in [-0.1, -0.05) is 29.8 Å². The van der Waals surface area contributed by atoms with E-state index in [1.807, 2.05) is 29.2 Å². The van der Waals surface area contributed by atoms with Gasteiger partial charge in [-0.3, -0.25) is 4.79 Å². The molecule has 0 aromatic heterocycles. The molecule has 1 aromatic carbocycles. The normalized spacial score (nSPS) is 18.5. The predicted molar refractivity (Wildman–Crippen MR) is 92.6 cm³/mol. The van der Waals surface area contributed by atoms with Crippen LogP contribution in [0.5, 0.6) is 0 Å². The van der Waals surface area contributed by atoms with Crippen molar-refractivity contribution in [1.29, 1.82) is 0 Å². The maximum Gasteiger partial charge on any atom is 0.237 e. The minimum atomic E-state index is 0. The monoisotopic (exact) mass is 342 g/mol. The average molecular weight is 343 g/mol. The van der Waals surface area contributed by atoms with Gasteiger partial charge in [0.1, 0.15) is 0 Å². The van der Waals surface area contributed by atoms with E-state index < -0.39 is 0 Å². The molecule has 0 saturated heterocycles. The Kier molecular flexibility index (Phi) is 6.13. The number of rotatable bonds is 7. The molecular formula is C17H24Cl2N2O. The molecule has 2 aliphatic carbocycles. The molecule has 5 heteroatoms. The molecule has 0 radical (unpaired) electrons. The Morgan fingerprint density at radius 3 is 2.59 bits per heavy atom. The molecule has 0 bridgehead atoms. The van der Waals surface area contributed by atoms with Crippen LogP contribution >= 0.6 is 24.0 Å². The largest absolute Gasteiger partial charge is 0.332 e. The van der Waals surface area contributed by atoms with E-state index in [1.165, 1.54) is 12.8 Å². The van der Waals surface area contributed by atoms with E-state index >= 15 is 0 Å². The van der Waals surface area contributed by atoms with Crippen molar-refractivity contribution in [3.05, 3.63) is 34.9 Å². The number of carbonyl (C=O) groups is 1. The van der Waals surface area contributed by atoms with Crippen molar-refractivity contribution in [2.75, 3.05) is 13.1 Å². The van der Waals surface area contributed by atoms with Crippen LogP contribution in [0.1, 0.15) is 44.2 Å². The quantitative estimate of drug-likeness (QED) is 0.816. The summed E-state index contributed by atoms with van der Waals surface area (Å²) in [6.07, 6.45) is 4.85. The van der Waals surface area contributed by atoms with E-state index in [9.17, 15) is 4.79 Å². The molecule has 1 unspecified atom stereocenters. The van der Waals surface area contributed by atoms with Crippen molar-refractivity contribution in [3.63, 3.8) is 0 Å². The maximum atomic E-state index is 12.6. The van der Waals surface area contributed by atoms with Gasteiger partial charge in [0.05, 0.1) is 12.6 Å². The summed E-state index contributed by atoms with van der Waals surface area (Å²) in [5.74, 6) is 0.999. The molecule has 0 heterocycles. The van der Waals surface area contributed by atoms with E-state index in [1.54, 1.807) is 0 Å². The third-order valence-electron chi connectivity index (χ3n) is 4.41. The van der Waals surface area contributed by atoms with Crippen molar-refractivity contribution < 1.29 is 4.79 Å². The highest BCUT2D eigenvalue weighted by Crippen LogP contribution is 2.36. The van der Waals surface area contributed by atoms with Gasteiger partial charge in [0, 0.05) is 11.1 Å². The van der Waals surface area contributed by atoms with Gasteiger partial charge in [-0.05, 0) is 56.7 Å². The number of nitrogens with one attached hydrogen (secondary N) is 1. The lowest BCUT2D eigenvalue weighted by Gasteiger charge is -2.30. The summed E-state index contributed by atoms with van der Waals surface area (Å²) in [6.45, 7) is 3.50. The number of nitrogens with zero attached hydrogens (tertiary/aromatic N) is 1. The first-order valence-electron chi connectivity index (χ1n) is 7.93. The Labute approximate surface area is 143 Å². The highest BCUT2D eigenvalue weighted by atomic mass is 35.5. The second kappa shape index (κ2) is 7.67. The van der Waals surface area contributed by atoms with Crippen LogP contribution < -0.4 is 5.32 Å². The first-order chi connectivity index (χ1) is 10.2. The number of hydrogen-bond donors (Lipinski definition) is 1. The fourth-order valence-corrected chi connectivity index (χ4v) is 3.14. The molecule has 2 fully saturated rings. The Morgan fingerprint density at radius 1 is 1.32 bits per heavy atom. The van der Waals surface area contributed by atoms with Gasteiger partial charge < -0.3 is 10.2 Å². The van der Waals surface area contributed by atoms with Gasteiger partial charge in [-0.2, -0.15) is 0 Å². The van der Waals surface area contributed by atoms with Crippen LogP contribution in [0.2, 0.25) is 5.02 Å². The lowest BCUT2D eigenvalue weighted by atomic mass is 10.1. The van der Waals surface area contributed by atoms with Gasteiger partial charge in [0.2, 0.25) is 5.91 Å². The smallest absolute Gasteiger partial charge is 0.237 e. The van der Waals surface area contributed by atoms with Crippen LogP contribution in [0, 0.1) is 5.92 Å². The standard InChI is InChI=1S/C17H23ClN2O.ClH/c1-12(15-4-2-3-5-16(15)18)20(14-8-9-14)17(21)11-19-10-13-6-7-13;/h2-5,12-14,19H,6-11H2,1H3;1H. The summed E-state index contributed by atoms with van der Waals surface area (Å²) in [5, 5.41) is 4.05. The zero-order chi connectivity index (χ0) is 14.8. The maximum absolute atomic E-state index is 12.6. The van der Waals surface area contributed by atoms with Crippen LogP contribution in [0.25, 0.3) is 0 Å². The van der Waals surface area contributed by atoms with E-state index in [4.69, 9.17) is 11.6 Å². The molecule has 1 N–H and O–H groups in total. The van der Waals surface area contributed by atoms with Crippen LogP contribution in [0.3, 0.4) is 0 Å². The Morgan fingerprint density at radius 2 is 2.00 bits per heavy atom. The van der Waals surface area contributed by atoms with Crippen LogP contribution in [0.4, 0.5) is 0 Å². The number of amides is 1. The van der Waals surface area contributed by atoms with E-state index in [0.717, 1.165) is 35.9 Å². The number of benzene rings is 1. The zero-order valence-corrected chi connectivity index (χ0v) is 14.5. The molecule has 1 aromatic rings. The van der Waals surface area contributed by atoms with E-state index in [2.05, 4.69) is 12.2 Å². The van der Waals surface area contributed by atoms with Crippen molar-refractivity contribution in [2.24, 2.45) is 5.92 Å². The molecule has 0 aliphatic heterocycles. The van der Waals surface area contributed by atoms with Crippen molar-refractivity contribution in [3.8, 4) is 0 Å². The molecule has 1 amide bonds. The lowest BCUT2D eigenvalue weighted by molar-refractivity contribution is -0.133. The summed E-state index contributed by atoms with van der Waals surface area (Å²) in [6, 6.07) is 8.27. The highest BCUT2D eigenvalue weighted by molar-refractivity contribution is 6.31. The van der Waals surface area contributed by atoms with Gasteiger partial charge in [-0.15, -0.1) is 12.4 Å². The molecule has 122 valence electrons. The van der Waals surface area contributed by atoms with Crippen molar-refractivity contribution in [1.82, 2.24) is 10.2 Å². The summed E-state index contributed by atoms with van der Waals surface area (Å²) in [4.78, 5) is 14.6. The minimum Gasteiger partial charge on any atom is -0.332 e. The van der Waals surface area contributed by atoms with Crippen molar-refractivity contribution >= 4 is 29.9 Å². The Balaban J connectivity index is 0.00000176. The second-order valence-corrected chi connectivity index (χ2v) is 6.71. The van der Waals surface area contributed by atoms with Crippen LogP contribution in [0.15, 0.2) is 24.3 Å². The SMILES string of the molecule is CC(c1ccccc1Cl)N(C(=O)CNCC1CC1)C1CC1.Cl. The molecule has 3 nitrogen and oxygen atoms in total. The summed E-state index contributed by atoms with van der Waals surface area (Å²) >= 11 is 6.29. The second-order valence-electron chi connectivity index (χ2n) is 6.30. The Bertz CT molecular complexity index is 515. The van der Waals surface area contributed by atoms with Crippen LogP contribution in [-0.2, 0) is 4.79 Å². The summed E-state index contributed by atoms with van der Waals surface area (Å²) in [7, 11) is 0. The third kappa shape index (κ3) is 4.37. The van der Waals surface area contributed by atoms with E-state index in [0.29, 0.717) is 12.6 Å². The molecule has 3 rings (SSSR count). The lowest BCUT2D eigenvalue weighted by Crippen LogP contribution is -2.41. The molecule has 1 atom stereocenters. The molecule has 22 heavy (non-hydrogen) atoms. The number of halogens is 2. The number of hydrogen-bond acceptors (Lipinski definition) is 2. The summed E-state index contributed by atoms with van der Waals surface area (Å²) in [5.41, 5.74) is 1.04. The molecule has 2 aliphatic rings. The Hall–Kier alpha value is -0.770. The zero-order valence-electron chi connectivity index (χ0n) is 12.9. The number of carbonyl (C=O) groups excluding carboxylic acids is 1. The first kappa shape index (κ1) is 17.6. The molecular weight excluding hydrogens is 319 g/mol. The van der Waals surface area contributed by atoms with Gasteiger partial charge in [0.15, 0.2) is 0 Å². The molecule has 2 saturated carbocycles. The minimum absolute atomic E-state index is 0.